The van der Waals surface area contributed by atoms with Crippen LogP contribution in [0.1, 0.15) is 10.4 Å². The van der Waals surface area contributed by atoms with Crippen LogP contribution in [-0.4, -0.2) is 77.2 Å². The molecule has 0 bridgehead atoms. The van der Waals surface area contributed by atoms with Crippen LogP contribution < -0.4 is 4.90 Å². The summed E-state index contributed by atoms with van der Waals surface area (Å²) in [5.41, 5.74) is 0.652. The standard InChI is InChI=1S/C20H22Cl2N4O2/c21-15-3-1-14(2-4-15)20(28)25-9-7-24(8-10-25)17-12-26(13-18(17)27)19-6-5-16(22)11-23-19/h1-6,11,17-18,27H,7-10,12-13H2/t17?,18-/m0/s1. The monoisotopic (exact) mass is 420 g/mol. The fourth-order valence-electron chi connectivity index (χ4n) is 3.90. The molecule has 0 aliphatic carbocycles. The highest BCUT2D eigenvalue weighted by Gasteiger charge is 2.37. The number of carbonyl (C=O) groups excluding carboxylic acids is 1. The van der Waals surface area contributed by atoms with E-state index in [9.17, 15) is 9.90 Å². The molecule has 2 atom stereocenters. The van der Waals surface area contributed by atoms with Crippen molar-refractivity contribution in [1.82, 2.24) is 14.8 Å². The number of aliphatic hydroxyl groups excluding tert-OH is 1. The number of β-amino-alcohol motifs (C(OH)–C–C–N with tert-alkyl or cyclic N) is 1. The van der Waals surface area contributed by atoms with Gasteiger partial charge in [-0.1, -0.05) is 23.2 Å². The lowest BCUT2D eigenvalue weighted by molar-refractivity contribution is 0.0376. The maximum Gasteiger partial charge on any atom is 0.253 e. The fraction of sp³-hybridized carbons (Fsp3) is 0.400. The quantitative estimate of drug-likeness (QED) is 0.825. The molecule has 8 heteroatoms. The lowest BCUT2D eigenvalue weighted by Gasteiger charge is -2.38. The molecule has 28 heavy (non-hydrogen) atoms. The number of hydrogen-bond acceptors (Lipinski definition) is 5. The molecule has 1 N–H and O–H groups in total. The Balaban J connectivity index is 1.35. The van der Waals surface area contributed by atoms with Gasteiger partial charge >= 0.3 is 0 Å². The van der Waals surface area contributed by atoms with Crippen molar-refractivity contribution in [1.29, 1.82) is 0 Å². The molecule has 2 fully saturated rings. The summed E-state index contributed by atoms with van der Waals surface area (Å²) in [5, 5.41) is 11.8. The lowest BCUT2D eigenvalue weighted by Crippen LogP contribution is -2.54. The highest BCUT2D eigenvalue weighted by Crippen LogP contribution is 2.24. The minimum absolute atomic E-state index is 0.0234. The van der Waals surface area contributed by atoms with Gasteiger partial charge in [0, 0.05) is 56.1 Å². The number of carbonyl (C=O) groups is 1. The minimum Gasteiger partial charge on any atom is -0.390 e. The number of rotatable bonds is 3. The first-order valence-corrected chi connectivity index (χ1v) is 10.1. The second kappa shape index (κ2) is 8.25. The Morgan fingerprint density at radius 1 is 0.964 bits per heavy atom. The van der Waals surface area contributed by atoms with Crippen LogP contribution in [0.15, 0.2) is 42.6 Å². The zero-order chi connectivity index (χ0) is 19.7. The molecule has 0 saturated carbocycles. The molecule has 2 aromatic rings. The average molecular weight is 421 g/mol. The molecule has 1 aromatic carbocycles. The Kier molecular flexibility index (Phi) is 5.73. The summed E-state index contributed by atoms with van der Waals surface area (Å²) in [6, 6.07) is 10.7. The molecule has 0 spiro atoms. The van der Waals surface area contributed by atoms with Crippen molar-refractivity contribution in [2.75, 3.05) is 44.2 Å². The van der Waals surface area contributed by atoms with E-state index in [4.69, 9.17) is 23.2 Å². The third kappa shape index (κ3) is 4.10. The first kappa shape index (κ1) is 19.5. The highest BCUT2D eigenvalue weighted by molar-refractivity contribution is 6.30. The van der Waals surface area contributed by atoms with Gasteiger partial charge in [-0.15, -0.1) is 0 Å². The summed E-state index contributed by atoms with van der Waals surface area (Å²) in [6.45, 7) is 4.02. The first-order valence-electron chi connectivity index (χ1n) is 9.35. The summed E-state index contributed by atoms with van der Waals surface area (Å²) in [7, 11) is 0. The Morgan fingerprint density at radius 3 is 2.29 bits per heavy atom. The van der Waals surface area contributed by atoms with Gasteiger partial charge in [-0.25, -0.2) is 4.98 Å². The van der Waals surface area contributed by atoms with E-state index >= 15 is 0 Å². The zero-order valence-electron chi connectivity index (χ0n) is 15.3. The molecule has 1 amide bonds. The van der Waals surface area contributed by atoms with E-state index in [0.29, 0.717) is 41.8 Å². The van der Waals surface area contributed by atoms with Gasteiger partial charge in [-0.05, 0) is 36.4 Å². The maximum atomic E-state index is 12.7. The fourth-order valence-corrected chi connectivity index (χ4v) is 4.14. The number of pyridine rings is 1. The molecule has 0 radical (unpaired) electrons. The van der Waals surface area contributed by atoms with E-state index in [1.165, 1.54) is 0 Å². The number of aromatic nitrogens is 1. The van der Waals surface area contributed by atoms with Gasteiger partial charge in [-0.3, -0.25) is 9.69 Å². The molecule has 1 aromatic heterocycles. The molecule has 2 aliphatic rings. The molecule has 2 aliphatic heterocycles. The number of anilines is 1. The van der Waals surface area contributed by atoms with Gasteiger partial charge < -0.3 is 14.9 Å². The topological polar surface area (TPSA) is 59.9 Å². The van der Waals surface area contributed by atoms with E-state index in [-0.39, 0.29) is 11.9 Å². The lowest BCUT2D eigenvalue weighted by atomic mass is 10.1. The van der Waals surface area contributed by atoms with Crippen LogP contribution in [0, 0.1) is 0 Å². The van der Waals surface area contributed by atoms with Crippen molar-refractivity contribution in [3.05, 3.63) is 58.2 Å². The second-order valence-electron chi connectivity index (χ2n) is 7.21. The van der Waals surface area contributed by atoms with E-state index in [1.807, 2.05) is 17.0 Å². The Labute approximate surface area is 174 Å². The van der Waals surface area contributed by atoms with Gasteiger partial charge in [0.2, 0.25) is 0 Å². The van der Waals surface area contributed by atoms with E-state index in [2.05, 4.69) is 14.8 Å². The number of nitrogens with zero attached hydrogens (tertiary/aromatic N) is 4. The second-order valence-corrected chi connectivity index (χ2v) is 8.08. The molecule has 6 nitrogen and oxygen atoms in total. The molecular weight excluding hydrogens is 399 g/mol. The van der Waals surface area contributed by atoms with Crippen LogP contribution in [0.25, 0.3) is 0 Å². The zero-order valence-corrected chi connectivity index (χ0v) is 16.9. The third-order valence-electron chi connectivity index (χ3n) is 5.46. The van der Waals surface area contributed by atoms with Crippen LogP contribution in [0.3, 0.4) is 0 Å². The average Bonchev–Trinajstić information content (AvgIpc) is 3.10. The predicted molar refractivity (Wildman–Crippen MR) is 110 cm³/mol. The van der Waals surface area contributed by atoms with E-state index in [1.54, 1.807) is 30.5 Å². The van der Waals surface area contributed by atoms with Crippen LogP contribution in [0.4, 0.5) is 5.82 Å². The van der Waals surface area contributed by atoms with Crippen LogP contribution in [-0.2, 0) is 0 Å². The molecule has 4 rings (SSSR count). The molecule has 2 saturated heterocycles. The Bertz CT molecular complexity index is 823. The van der Waals surface area contributed by atoms with Crippen molar-refractivity contribution in [2.24, 2.45) is 0 Å². The number of amides is 1. The number of piperazine rings is 1. The number of benzene rings is 1. The molecule has 1 unspecified atom stereocenters. The summed E-state index contributed by atoms with van der Waals surface area (Å²) in [6.07, 6.45) is 1.17. The van der Waals surface area contributed by atoms with Gasteiger partial charge in [-0.2, -0.15) is 0 Å². The van der Waals surface area contributed by atoms with Gasteiger partial charge in [0.05, 0.1) is 17.2 Å². The molecule has 3 heterocycles. The van der Waals surface area contributed by atoms with Gasteiger partial charge in [0.15, 0.2) is 0 Å². The van der Waals surface area contributed by atoms with Crippen LogP contribution in [0.2, 0.25) is 10.0 Å². The number of aliphatic hydroxyl groups is 1. The van der Waals surface area contributed by atoms with Crippen LogP contribution >= 0.6 is 23.2 Å². The first-order chi connectivity index (χ1) is 13.5. The van der Waals surface area contributed by atoms with Crippen molar-refractivity contribution in [3.63, 3.8) is 0 Å². The van der Waals surface area contributed by atoms with Gasteiger partial charge in [0.25, 0.3) is 5.91 Å². The summed E-state index contributed by atoms with van der Waals surface area (Å²) in [4.78, 5) is 23.2. The van der Waals surface area contributed by atoms with E-state index < -0.39 is 6.10 Å². The van der Waals surface area contributed by atoms with Crippen LogP contribution in [0.5, 0.6) is 0 Å². The van der Waals surface area contributed by atoms with Crippen molar-refractivity contribution in [3.8, 4) is 0 Å². The van der Waals surface area contributed by atoms with Crippen molar-refractivity contribution in [2.45, 2.75) is 12.1 Å². The summed E-state index contributed by atoms with van der Waals surface area (Å²) >= 11 is 11.8. The summed E-state index contributed by atoms with van der Waals surface area (Å²) in [5.74, 6) is 0.845. The SMILES string of the molecule is O=C(c1ccc(Cl)cc1)N1CCN(C2CN(c3ccc(Cl)cn3)C[C@@H]2O)CC1. The smallest absolute Gasteiger partial charge is 0.253 e. The van der Waals surface area contributed by atoms with Crippen molar-refractivity contribution >= 4 is 34.9 Å². The number of hydrogen-bond donors (Lipinski definition) is 1. The van der Waals surface area contributed by atoms with Crippen molar-refractivity contribution < 1.29 is 9.90 Å². The Hall–Kier alpha value is -1.86. The Morgan fingerprint density at radius 2 is 1.64 bits per heavy atom. The predicted octanol–water partition coefficient (Wildman–Crippen LogP) is 2.40. The largest absolute Gasteiger partial charge is 0.390 e. The highest BCUT2D eigenvalue weighted by atomic mass is 35.5. The number of halogens is 2. The van der Waals surface area contributed by atoms with Gasteiger partial charge in [0.1, 0.15) is 5.82 Å². The third-order valence-corrected chi connectivity index (χ3v) is 5.93. The maximum absolute atomic E-state index is 12.7. The molecular formula is C20H22Cl2N4O2. The summed E-state index contributed by atoms with van der Waals surface area (Å²) < 4.78 is 0. The van der Waals surface area contributed by atoms with E-state index in [0.717, 1.165) is 18.9 Å². The molecule has 148 valence electrons. The normalized spacial score (nSPS) is 23.2. The minimum atomic E-state index is -0.448.